The van der Waals surface area contributed by atoms with E-state index in [0.717, 1.165) is 57.8 Å². The van der Waals surface area contributed by atoms with Gasteiger partial charge in [0.2, 0.25) is 5.91 Å². The van der Waals surface area contributed by atoms with Crippen molar-refractivity contribution in [3.05, 3.63) is 48.6 Å². The summed E-state index contributed by atoms with van der Waals surface area (Å²) in [6.45, 7) is 4.96. The van der Waals surface area contributed by atoms with Crippen LogP contribution in [0.2, 0.25) is 0 Å². The van der Waals surface area contributed by atoms with Crippen molar-refractivity contribution in [1.82, 2.24) is 5.32 Å². The zero-order valence-corrected chi connectivity index (χ0v) is 57.4. The number of aliphatic hydroxyl groups excluding tert-OH is 2. The highest BCUT2D eigenvalue weighted by Gasteiger charge is 2.20. The lowest BCUT2D eigenvalue weighted by Gasteiger charge is -2.22. The fourth-order valence-corrected chi connectivity index (χ4v) is 12.0. The highest BCUT2D eigenvalue weighted by atomic mass is 16.5. The summed E-state index contributed by atoms with van der Waals surface area (Å²) >= 11 is 0. The van der Waals surface area contributed by atoms with Crippen LogP contribution < -0.4 is 5.32 Å². The minimum absolute atomic E-state index is 0.00874. The summed E-state index contributed by atoms with van der Waals surface area (Å²) in [7, 11) is 0. The van der Waals surface area contributed by atoms with Crippen molar-refractivity contribution >= 4 is 11.9 Å². The third kappa shape index (κ3) is 70.8. The van der Waals surface area contributed by atoms with E-state index in [1.807, 2.05) is 0 Å². The van der Waals surface area contributed by atoms with Gasteiger partial charge in [0.25, 0.3) is 0 Å². The van der Waals surface area contributed by atoms with Gasteiger partial charge in [-0.25, -0.2) is 0 Å². The number of hydrogen-bond acceptors (Lipinski definition) is 5. The molecule has 0 fully saturated rings. The van der Waals surface area contributed by atoms with Crippen LogP contribution in [0.25, 0.3) is 0 Å². The third-order valence-corrected chi connectivity index (χ3v) is 17.9. The van der Waals surface area contributed by atoms with Gasteiger partial charge in [0.15, 0.2) is 0 Å². The zero-order chi connectivity index (χ0) is 61.3. The smallest absolute Gasteiger partial charge is 0.305 e. The van der Waals surface area contributed by atoms with E-state index in [1.165, 1.54) is 327 Å². The summed E-state index contributed by atoms with van der Waals surface area (Å²) in [6.07, 6.45) is 97.5. The van der Waals surface area contributed by atoms with Crippen molar-refractivity contribution in [2.75, 3.05) is 13.2 Å². The molecule has 2 unspecified atom stereocenters. The second-order valence-electron chi connectivity index (χ2n) is 26.3. The zero-order valence-electron chi connectivity index (χ0n) is 57.4. The van der Waals surface area contributed by atoms with Gasteiger partial charge in [0.05, 0.1) is 25.4 Å². The first-order valence-electron chi connectivity index (χ1n) is 38.4. The second kappa shape index (κ2) is 74.3. The second-order valence-corrected chi connectivity index (χ2v) is 26.3. The summed E-state index contributed by atoms with van der Waals surface area (Å²) < 4.78 is 5.51. The van der Waals surface area contributed by atoms with Crippen LogP contribution in [0.1, 0.15) is 418 Å². The van der Waals surface area contributed by atoms with E-state index in [1.54, 1.807) is 0 Å². The Morgan fingerprint density at radius 2 is 0.588 bits per heavy atom. The molecule has 3 N–H and O–H groups in total. The van der Waals surface area contributed by atoms with Crippen molar-refractivity contribution in [3.8, 4) is 0 Å². The number of nitrogens with one attached hydrogen (secondary N) is 1. The van der Waals surface area contributed by atoms with Gasteiger partial charge in [-0.15, -0.1) is 0 Å². The molecular formula is C79H149NO5. The van der Waals surface area contributed by atoms with Crippen molar-refractivity contribution < 1.29 is 24.5 Å². The normalized spacial score (nSPS) is 12.8. The van der Waals surface area contributed by atoms with Gasteiger partial charge >= 0.3 is 5.97 Å². The number of allylic oxidation sites excluding steroid dienone is 8. The topological polar surface area (TPSA) is 95.9 Å². The lowest BCUT2D eigenvalue weighted by atomic mass is 10.0. The Morgan fingerprint density at radius 3 is 0.918 bits per heavy atom. The van der Waals surface area contributed by atoms with Crippen molar-refractivity contribution in [3.63, 3.8) is 0 Å². The van der Waals surface area contributed by atoms with Crippen molar-refractivity contribution in [1.29, 1.82) is 0 Å². The Kier molecular flexibility index (Phi) is 72.4. The van der Waals surface area contributed by atoms with E-state index >= 15 is 0 Å². The van der Waals surface area contributed by atoms with Gasteiger partial charge in [0, 0.05) is 12.8 Å². The Labute approximate surface area is 531 Å². The third-order valence-electron chi connectivity index (χ3n) is 17.9. The SMILES string of the molecule is CCCCC/C=C\C/C=C\CCCCCCCCCCCC(=O)OCCCCCCCCCCC/C=C\C/C=C\CCCCCCCCCCCCCCCC(=O)NC(CO)C(O)CCCCCCCCCCCCCCCCCCCCCC. The van der Waals surface area contributed by atoms with Crippen molar-refractivity contribution in [2.24, 2.45) is 0 Å². The number of carbonyl (C=O) groups is 2. The summed E-state index contributed by atoms with van der Waals surface area (Å²) in [5, 5.41) is 23.4. The first-order chi connectivity index (χ1) is 42.0. The molecule has 85 heavy (non-hydrogen) atoms. The van der Waals surface area contributed by atoms with Gasteiger partial charge in [-0.2, -0.15) is 0 Å². The predicted octanol–water partition coefficient (Wildman–Crippen LogP) is 25.2. The largest absolute Gasteiger partial charge is 0.466 e. The quantitative estimate of drug-likeness (QED) is 0.0320. The first-order valence-corrected chi connectivity index (χ1v) is 38.4. The molecule has 0 aromatic carbocycles. The van der Waals surface area contributed by atoms with E-state index < -0.39 is 12.1 Å². The molecule has 6 nitrogen and oxygen atoms in total. The number of hydrogen-bond donors (Lipinski definition) is 3. The average Bonchev–Trinajstić information content (AvgIpc) is 3.50. The van der Waals surface area contributed by atoms with Gasteiger partial charge in [-0.1, -0.05) is 364 Å². The molecule has 0 aromatic rings. The number of ether oxygens (including phenoxy) is 1. The number of amides is 1. The van der Waals surface area contributed by atoms with Crippen LogP contribution in [-0.4, -0.2) is 47.4 Å². The van der Waals surface area contributed by atoms with Crippen molar-refractivity contribution in [2.45, 2.75) is 431 Å². The maximum Gasteiger partial charge on any atom is 0.305 e. The molecule has 0 bridgehead atoms. The van der Waals surface area contributed by atoms with Crippen LogP contribution in [0.15, 0.2) is 48.6 Å². The Bertz CT molecular complexity index is 1420. The molecule has 500 valence electrons. The van der Waals surface area contributed by atoms with E-state index in [4.69, 9.17) is 4.74 Å². The average molecular weight is 1190 g/mol. The van der Waals surface area contributed by atoms with E-state index in [9.17, 15) is 19.8 Å². The minimum atomic E-state index is -0.667. The number of unbranched alkanes of at least 4 members (excludes halogenated alkanes) is 53. The van der Waals surface area contributed by atoms with Gasteiger partial charge in [-0.3, -0.25) is 9.59 Å². The van der Waals surface area contributed by atoms with Crippen LogP contribution in [0.4, 0.5) is 0 Å². The van der Waals surface area contributed by atoms with Gasteiger partial charge in [-0.05, 0) is 89.9 Å². The standard InChI is InChI=1S/C79H149NO5/c1-3-5-7-9-11-13-15-17-19-21-23-36-39-43-47-51-55-59-63-67-71-77(82)76(75-81)80-78(83)72-68-64-60-56-52-48-44-40-37-33-31-29-27-25-24-26-28-30-32-34-38-42-46-50-54-58-62-66-70-74-85-79(84)73-69-65-61-57-53-49-45-41-35-22-20-18-16-14-12-10-8-6-4-2/h12,14,18,20,24,26,30,32,76-77,81-82H,3-11,13,15-17,19,21-23,25,27-29,31,33-75H2,1-2H3,(H,80,83)/b14-12-,20-18-,26-24-,32-30-. The van der Waals surface area contributed by atoms with E-state index in [2.05, 4.69) is 67.8 Å². The summed E-state index contributed by atoms with van der Waals surface area (Å²) in [5.74, 6) is -0.0233. The molecule has 0 spiro atoms. The van der Waals surface area contributed by atoms with E-state index in [-0.39, 0.29) is 18.5 Å². The molecule has 0 saturated carbocycles. The lowest BCUT2D eigenvalue weighted by Crippen LogP contribution is -2.45. The van der Waals surface area contributed by atoms with Crippen LogP contribution in [-0.2, 0) is 14.3 Å². The molecule has 0 aromatic heterocycles. The van der Waals surface area contributed by atoms with Crippen LogP contribution in [0, 0.1) is 0 Å². The number of rotatable bonds is 72. The molecule has 0 aliphatic heterocycles. The van der Waals surface area contributed by atoms with Crippen LogP contribution in [0.3, 0.4) is 0 Å². The Balaban J connectivity index is 3.40. The summed E-state index contributed by atoms with van der Waals surface area (Å²) in [4.78, 5) is 24.7. The summed E-state index contributed by atoms with van der Waals surface area (Å²) in [6, 6.07) is -0.544. The fourth-order valence-electron chi connectivity index (χ4n) is 12.0. The molecule has 0 radical (unpaired) electrons. The molecule has 0 rings (SSSR count). The highest BCUT2D eigenvalue weighted by molar-refractivity contribution is 5.76. The van der Waals surface area contributed by atoms with Crippen LogP contribution >= 0.6 is 0 Å². The van der Waals surface area contributed by atoms with Gasteiger partial charge < -0.3 is 20.3 Å². The number of aliphatic hydroxyl groups is 2. The molecular weight excluding hydrogens is 1040 g/mol. The predicted molar refractivity (Wildman–Crippen MR) is 375 cm³/mol. The molecule has 0 aliphatic rings. The molecule has 0 aliphatic carbocycles. The monoisotopic (exact) mass is 1190 g/mol. The minimum Gasteiger partial charge on any atom is -0.466 e. The molecule has 6 heteroatoms. The number of carbonyl (C=O) groups excluding carboxylic acids is 2. The maximum atomic E-state index is 12.6. The van der Waals surface area contributed by atoms with Crippen LogP contribution in [0.5, 0.6) is 0 Å². The summed E-state index contributed by atoms with van der Waals surface area (Å²) in [5.41, 5.74) is 0. The highest BCUT2D eigenvalue weighted by Crippen LogP contribution is 2.19. The van der Waals surface area contributed by atoms with E-state index in [0.29, 0.717) is 25.9 Å². The van der Waals surface area contributed by atoms with Gasteiger partial charge in [0.1, 0.15) is 0 Å². The fraction of sp³-hybridized carbons (Fsp3) is 0.873. The maximum absolute atomic E-state index is 12.6. The molecule has 2 atom stereocenters. The Morgan fingerprint density at radius 1 is 0.329 bits per heavy atom. The number of esters is 1. The first kappa shape index (κ1) is 82.8. The Hall–Kier alpha value is -2.18. The molecule has 0 saturated heterocycles. The lowest BCUT2D eigenvalue weighted by molar-refractivity contribution is -0.143. The molecule has 1 amide bonds. The molecule has 0 heterocycles.